The Balaban J connectivity index is 1.47. The molecular weight excluding hydrogens is 434 g/mol. The van der Waals surface area contributed by atoms with Crippen LogP contribution in [-0.2, 0) is 7.05 Å². The second kappa shape index (κ2) is 9.73. The van der Waals surface area contributed by atoms with Gasteiger partial charge in [-0.15, -0.1) is 0 Å². The van der Waals surface area contributed by atoms with E-state index in [0.29, 0.717) is 42.2 Å². The fraction of sp³-hybridized carbons (Fsp3) is 0.276. The van der Waals surface area contributed by atoms with Gasteiger partial charge in [0.1, 0.15) is 5.60 Å². The molecule has 0 bridgehead atoms. The van der Waals surface area contributed by atoms with Gasteiger partial charge in [-0.05, 0) is 36.8 Å². The van der Waals surface area contributed by atoms with Gasteiger partial charge in [-0.2, -0.15) is 0 Å². The molecule has 6 nitrogen and oxygen atoms in total. The first-order valence-corrected chi connectivity index (χ1v) is 11.9. The summed E-state index contributed by atoms with van der Waals surface area (Å²) < 4.78 is 1.86. The van der Waals surface area contributed by atoms with Crippen molar-refractivity contribution in [2.75, 3.05) is 11.9 Å². The molecule has 1 aliphatic carbocycles. The molecule has 5 rings (SSSR count). The van der Waals surface area contributed by atoms with Crippen LogP contribution >= 0.6 is 0 Å². The Morgan fingerprint density at radius 3 is 2.40 bits per heavy atom. The van der Waals surface area contributed by atoms with Crippen molar-refractivity contribution in [2.45, 2.75) is 37.7 Å². The van der Waals surface area contributed by atoms with Crippen molar-refractivity contribution in [3.05, 3.63) is 95.6 Å². The Hall–Kier alpha value is -3.95. The van der Waals surface area contributed by atoms with Crippen LogP contribution in [0.15, 0.2) is 78.6 Å². The summed E-state index contributed by atoms with van der Waals surface area (Å²) in [6.45, 7) is 2.67. The highest BCUT2D eigenvalue weighted by atomic mass is 16.3. The van der Waals surface area contributed by atoms with E-state index in [0.717, 1.165) is 12.0 Å². The number of nitrogens with one attached hydrogen (secondary N) is 1. The van der Waals surface area contributed by atoms with E-state index >= 15 is 0 Å². The minimum absolute atomic E-state index is 0.137. The van der Waals surface area contributed by atoms with Crippen LogP contribution in [-0.4, -0.2) is 36.8 Å². The Morgan fingerprint density at radius 2 is 1.74 bits per heavy atom. The van der Waals surface area contributed by atoms with Gasteiger partial charge in [0.2, 0.25) is 5.82 Å². The lowest BCUT2D eigenvalue weighted by Gasteiger charge is -2.25. The number of aliphatic hydroxyl groups is 1. The molecule has 1 aliphatic rings. The molecule has 2 N–H and O–H groups in total. The van der Waals surface area contributed by atoms with Crippen molar-refractivity contribution in [1.29, 1.82) is 0 Å². The van der Waals surface area contributed by atoms with Gasteiger partial charge in [0.25, 0.3) is 0 Å². The first-order chi connectivity index (χ1) is 17.0. The number of rotatable bonds is 5. The van der Waals surface area contributed by atoms with Crippen molar-refractivity contribution in [2.24, 2.45) is 7.05 Å². The third kappa shape index (κ3) is 5.11. The van der Waals surface area contributed by atoms with Crippen LogP contribution in [0.5, 0.6) is 0 Å². The van der Waals surface area contributed by atoms with Crippen LogP contribution in [0.25, 0.3) is 11.2 Å². The van der Waals surface area contributed by atoms with Gasteiger partial charge in [0, 0.05) is 25.9 Å². The van der Waals surface area contributed by atoms with Gasteiger partial charge in [0.15, 0.2) is 17.0 Å². The fourth-order valence-corrected chi connectivity index (χ4v) is 4.64. The van der Waals surface area contributed by atoms with Crippen LogP contribution in [0.4, 0.5) is 5.82 Å². The summed E-state index contributed by atoms with van der Waals surface area (Å²) in [4.78, 5) is 13.9. The summed E-state index contributed by atoms with van der Waals surface area (Å²) in [7, 11) is 1.91. The molecule has 2 heterocycles. The molecule has 0 saturated carbocycles. The Bertz CT molecular complexity index is 1380. The van der Waals surface area contributed by atoms with Crippen molar-refractivity contribution >= 4 is 17.0 Å². The summed E-state index contributed by atoms with van der Waals surface area (Å²) in [5.74, 6) is 7.25. The predicted molar refractivity (Wildman–Crippen MR) is 139 cm³/mol. The van der Waals surface area contributed by atoms with Crippen molar-refractivity contribution in [3.8, 4) is 11.8 Å². The second-order valence-corrected chi connectivity index (χ2v) is 9.23. The van der Waals surface area contributed by atoms with Crippen LogP contribution in [0.1, 0.15) is 49.1 Å². The number of benzene rings is 2. The number of anilines is 1. The number of aryl methyl sites for hydroxylation is 1. The Labute approximate surface area is 205 Å². The highest BCUT2D eigenvalue weighted by Crippen LogP contribution is 2.28. The molecule has 0 radical (unpaired) electrons. The van der Waals surface area contributed by atoms with E-state index in [1.165, 1.54) is 11.1 Å². The van der Waals surface area contributed by atoms with Crippen LogP contribution in [0.2, 0.25) is 0 Å². The molecule has 6 heteroatoms. The fourth-order valence-electron chi connectivity index (χ4n) is 4.64. The third-order valence-corrected chi connectivity index (χ3v) is 6.47. The summed E-state index contributed by atoms with van der Waals surface area (Å²) >= 11 is 0. The van der Waals surface area contributed by atoms with E-state index in [4.69, 9.17) is 4.98 Å². The van der Waals surface area contributed by atoms with Crippen molar-refractivity contribution < 1.29 is 5.11 Å². The number of nitrogens with zero attached hydrogens (tertiary/aromatic N) is 4. The lowest BCUT2D eigenvalue weighted by molar-refractivity contribution is 0.0882. The summed E-state index contributed by atoms with van der Waals surface area (Å²) in [5.41, 5.74) is 3.97. The van der Waals surface area contributed by atoms with E-state index in [2.05, 4.69) is 81.7 Å². The minimum Gasteiger partial charge on any atom is -0.377 e. The largest absolute Gasteiger partial charge is 0.377 e. The van der Waals surface area contributed by atoms with Gasteiger partial charge in [-0.3, -0.25) is 0 Å². The highest BCUT2D eigenvalue weighted by Gasteiger charge is 2.27. The first kappa shape index (κ1) is 22.8. The molecule has 0 aliphatic heterocycles. The van der Waals surface area contributed by atoms with Crippen LogP contribution < -0.4 is 5.32 Å². The van der Waals surface area contributed by atoms with Crippen LogP contribution in [0, 0.1) is 11.8 Å². The SMILES string of the molecule is CC1=CCC[C@@](O)(C#Cc2nc(NCC(c3ccccc3)c3ccccc3)c3ncn(C)c3n2)C1. The Kier molecular flexibility index (Phi) is 6.35. The number of hydrogen-bond acceptors (Lipinski definition) is 5. The van der Waals surface area contributed by atoms with E-state index in [-0.39, 0.29) is 5.92 Å². The molecule has 0 spiro atoms. The number of imidazole rings is 1. The van der Waals surface area contributed by atoms with Gasteiger partial charge < -0.3 is 15.0 Å². The topological polar surface area (TPSA) is 75.9 Å². The molecule has 0 fully saturated rings. The number of hydrogen-bond donors (Lipinski definition) is 2. The van der Waals surface area contributed by atoms with Crippen LogP contribution in [0.3, 0.4) is 0 Å². The van der Waals surface area contributed by atoms with Crippen molar-refractivity contribution in [1.82, 2.24) is 19.5 Å². The molecule has 2 aromatic heterocycles. The minimum atomic E-state index is -1.04. The van der Waals surface area contributed by atoms with E-state index in [1.54, 1.807) is 6.33 Å². The standard InChI is InChI=1S/C29H29N5O/c1-21-10-9-16-29(35,18-21)17-15-25-32-27(26-28(33-25)34(2)20-31-26)30-19-24(22-11-5-3-6-12-22)23-13-7-4-8-14-23/h3-8,10-14,20,24,35H,9,16,18-19H2,1-2H3,(H,30,32,33)/t29-/m1/s1. The smallest absolute Gasteiger partial charge is 0.209 e. The maximum absolute atomic E-state index is 10.9. The van der Waals surface area contributed by atoms with E-state index in [9.17, 15) is 5.11 Å². The lowest BCUT2D eigenvalue weighted by Crippen LogP contribution is -2.29. The van der Waals surface area contributed by atoms with Gasteiger partial charge in [0.05, 0.1) is 6.33 Å². The number of allylic oxidation sites excluding steroid dienone is 1. The third-order valence-electron chi connectivity index (χ3n) is 6.47. The molecule has 1 atom stereocenters. The average molecular weight is 464 g/mol. The highest BCUT2D eigenvalue weighted by molar-refractivity contribution is 5.83. The van der Waals surface area contributed by atoms with Crippen molar-refractivity contribution in [3.63, 3.8) is 0 Å². The van der Waals surface area contributed by atoms with E-state index in [1.807, 2.05) is 30.7 Å². The maximum Gasteiger partial charge on any atom is 0.209 e. The molecule has 2 aromatic carbocycles. The summed E-state index contributed by atoms with van der Waals surface area (Å²) in [5, 5.41) is 14.5. The zero-order valence-corrected chi connectivity index (χ0v) is 20.1. The predicted octanol–water partition coefficient (Wildman–Crippen LogP) is 4.82. The molecular formula is C29H29N5O. The summed E-state index contributed by atoms with van der Waals surface area (Å²) in [6, 6.07) is 20.9. The van der Waals surface area contributed by atoms with E-state index < -0.39 is 5.60 Å². The summed E-state index contributed by atoms with van der Waals surface area (Å²) in [6.07, 6.45) is 5.88. The molecule has 176 valence electrons. The average Bonchev–Trinajstić information content (AvgIpc) is 3.25. The van der Waals surface area contributed by atoms with Gasteiger partial charge in [-0.1, -0.05) is 78.2 Å². The van der Waals surface area contributed by atoms with Gasteiger partial charge >= 0.3 is 0 Å². The second-order valence-electron chi connectivity index (χ2n) is 9.23. The lowest BCUT2D eigenvalue weighted by atomic mass is 9.86. The zero-order chi connectivity index (χ0) is 24.3. The normalized spacial score (nSPS) is 17.7. The quantitative estimate of drug-likeness (QED) is 0.328. The number of fused-ring (bicyclic) bond motifs is 1. The van der Waals surface area contributed by atoms with Gasteiger partial charge in [-0.25, -0.2) is 15.0 Å². The molecule has 0 amide bonds. The maximum atomic E-state index is 10.9. The monoisotopic (exact) mass is 463 g/mol. The molecule has 4 aromatic rings. The molecule has 35 heavy (non-hydrogen) atoms. The Morgan fingerprint density at radius 1 is 1.06 bits per heavy atom. The number of aromatic nitrogens is 4. The molecule has 0 saturated heterocycles. The first-order valence-electron chi connectivity index (χ1n) is 11.9. The molecule has 0 unspecified atom stereocenters. The zero-order valence-electron chi connectivity index (χ0n) is 20.1.